The molecule has 94 valence electrons. The lowest BCUT2D eigenvalue weighted by molar-refractivity contribution is 0.0812. The van der Waals surface area contributed by atoms with Gasteiger partial charge in [-0.3, -0.25) is 4.79 Å². The Morgan fingerprint density at radius 1 is 1.65 bits per heavy atom. The first-order chi connectivity index (χ1) is 7.87. The fraction of sp³-hybridized carbons (Fsp3) is 0.455. The SMILES string of the molecule is COCC(C)(C)NC(=O)c1nccc(Cl)c1O. The number of amides is 1. The maximum Gasteiger partial charge on any atom is 0.274 e. The Morgan fingerprint density at radius 3 is 2.88 bits per heavy atom. The molecule has 1 heterocycles. The Bertz CT molecular complexity index is 421. The van der Waals surface area contributed by atoms with E-state index in [1.54, 1.807) is 21.0 Å². The summed E-state index contributed by atoms with van der Waals surface area (Å²) in [6.07, 6.45) is 1.36. The molecule has 5 nitrogen and oxygen atoms in total. The zero-order valence-electron chi connectivity index (χ0n) is 9.95. The van der Waals surface area contributed by atoms with Crippen molar-refractivity contribution in [1.82, 2.24) is 10.3 Å². The molecule has 0 bridgehead atoms. The molecule has 2 N–H and O–H groups in total. The highest BCUT2D eigenvalue weighted by atomic mass is 35.5. The van der Waals surface area contributed by atoms with Crippen LogP contribution in [0.1, 0.15) is 24.3 Å². The average molecular weight is 259 g/mol. The minimum absolute atomic E-state index is 0.0923. The van der Waals surface area contributed by atoms with Crippen LogP contribution in [0, 0.1) is 0 Å². The quantitative estimate of drug-likeness (QED) is 0.860. The van der Waals surface area contributed by atoms with Crippen LogP contribution in [0.5, 0.6) is 5.75 Å². The normalized spacial score (nSPS) is 11.3. The van der Waals surface area contributed by atoms with Crippen molar-refractivity contribution >= 4 is 17.5 Å². The first kappa shape index (κ1) is 13.7. The molecule has 1 aromatic heterocycles. The highest BCUT2D eigenvalue weighted by Gasteiger charge is 2.24. The number of rotatable bonds is 4. The molecule has 0 aliphatic carbocycles. The lowest BCUT2D eigenvalue weighted by atomic mass is 10.1. The summed E-state index contributed by atoms with van der Waals surface area (Å²) in [5.41, 5.74) is -0.649. The number of halogens is 1. The summed E-state index contributed by atoms with van der Waals surface area (Å²) < 4.78 is 4.97. The minimum Gasteiger partial charge on any atom is -0.504 e. The van der Waals surface area contributed by atoms with Crippen LogP contribution in [0.15, 0.2) is 12.3 Å². The van der Waals surface area contributed by atoms with E-state index in [-0.39, 0.29) is 16.5 Å². The highest BCUT2D eigenvalue weighted by Crippen LogP contribution is 2.25. The molecule has 0 fully saturated rings. The van der Waals surface area contributed by atoms with Crippen LogP contribution in [0.2, 0.25) is 5.02 Å². The number of aromatic nitrogens is 1. The Morgan fingerprint density at radius 2 is 2.29 bits per heavy atom. The van der Waals surface area contributed by atoms with E-state index in [2.05, 4.69) is 10.3 Å². The molecular formula is C11H15ClN2O3. The number of pyridine rings is 1. The largest absolute Gasteiger partial charge is 0.504 e. The predicted octanol–water partition coefficient (Wildman–Crippen LogP) is 1.60. The molecule has 1 aromatic rings. The Kier molecular flexibility index (Phi) is 4.31. The summed E-state index contributed by atoms with van der Waals surface area (Å²) in [4.78, 5) is 15.7. The second kappa shape index (κ2) is 5.33. The fourth-order valence-electron chi connectivity index (χ4n) is 1.36. The van der Waals surface area contributed by atoms with Crippen LogP contribution >= 0.6 is 11.6 Å². The number of aromatic hydroxyl groups is 1. The maximum atomic E-state index is 11.9. The van der Waals surface area contributed by atoms with Crippen molar-refractivity contribution in [2.24, 2.45) is 0 Å². The van der Waals surface area contributed by atoms with Crippen molar-refractivity contribution in [2.75, 3.05) is 13.7 Å². The van der Waals surface area contributed by atoms with E-state index in [0.29, 0.717) is 6.61 Å². The molecule has 0 aliphatic rings. The van der Waals surface area contributed by atoms with Crippen LogP contribution < -0.4 is 5.32 Å². The van der Waals surface area contributed by atoms with E-state index in [4.69, 9.17) is 16.3 Å². The number of nitrogens with zero attached hydrogens (tertiary/aromatic N) is 1. The molecule has 0 aliphatic heterocycles. The van der Waals surface area contributed by atoms with Crippen molar-refractivity contribution in [1.29, 1.82) is 0 Å². The molecule has 0 unspecified atom stereocenters. The monoisotopic (exact) mass is 258 g/mol. The summed E-state index contributed by atoms with van der Waals surface area (Å²) in [5.74, 6) is -0.813. The summed E-state index contributed by atoms with van der Waals surface area (Å²) in [7, 11) is 1.54. The van der Waals surface area contributed by atoms with E-state index in [1.807, 2.05) is 0 Å². The van der Waals surface area contributed by atoms with Gasteiger partial charge in [0.1, 0.15) is 0 Å². The third kappa shape index (κ3) is 3.57. The van der Waals surface area contributed by atoms with Gasteiger partial charge in [-0.05, 0) is 19.9 Å². The molecule has 1 amide bonds. The molecular weight excluding hydrogens is 244 g/mol. The van der Waals surface area contributed by atoms with E-state index < -0.39 is 11.4 Å². The van der Waals surface area contributed by atoms with E-state index >= 15 is 0 Å². The van der Waals surface area contributed by atoms with Crippen LogP contribution in [-0.2, 0) is 4.74 Å². The third-order valence-corrected chi connectivity index (χ3v) is 2.35. The van der Waals surface area contributed by atoms with Crippen molar-refractivity contribution in [2.45, 2.75) is 19.4 Å². The van der Waals surface area contributed by atoms with Gasteiger partial charge in [-0.25, -0.2) is 4.98 Å². The smallest absolute Gasteiger partial charge is 0.274 e. The molecule has 6 heteroatoms. The summed E-state index contributed by atoms with van der Waals surface area (Å²) in [6, 6.07) is 1.41. The standard InChI is InChI=1S/C11H15ClN2O3/c1-11(2,6-17-3)14-10(16)8-9(15)7(12)4-5-13-8/h4-5,15H,6H2,1-3H3,(H,14,16). The fourth-order valence-corrected chi connectivity index (χ4v) is 1.51. The molecule has 1 rings (SSSR count). The van der Waals surface area contributed by atoms with Crippen molar-refractivity contribution in [3.8, 4) is 5.75 Å². The number of carbonyl (C=O) groups is 1. The van der Waals surface area contributed by atoms with Gasteiger partial charge < -0.3 is 15.2 Å². The van der Waals surface area contributed by atoms with Gasteiger partial charge in [-0.15, -0.1) is 0 Å². The Labute approximate surface area is 105 Å². The average Bonchev–Trinajstić information content (AvgIpc) is 2.21. The van der Waals surface area contributed by atoms with Gasteiger partial charge in [0.05, 0.1) is 17.2 Å². The molecule has 0 aromatic carbocycles. The molecule has 0 saturated carbocycles. The van der Waals surface area contributed by atoms with E-state index in [9.17, 15) is 9.90 Å². The van der Waals surface area contributed by atoms with Crippen molar-refractivity contribution < 1.29 is 14.6 Å². The van der Waals surface area contributed by atoms with Gasteiger partial charge in [0, 0.05) is 13.3 Å². The summed E-state index contributed by atoms with van der Waals surface area (Å²) >= 11 is 5.70. The maximum absolute atomic E-state index is 11.9. The van der Waals surface area contributed by atoms with Gasteiger partial charge in [0.25, 0.3) is 5.91 Å². The molecule has 0 spiro atoms. The number of hydrogen-bond donors (Lipinski definition) is 2. The first-order valence-corrected chi connectivity index (χ1v) is 5.40. The van der Waals surface area contributed by atoms with Crippen LogP contribution in [0.25, 0.3) is 0 Å². The number of carbonyl (C=O) groups excluding carboxylic acids is 1. The van der Waals surface area contributed by atoms with E-state index in [1.165, 1.54) is 12.3 Å². The zero-order chi connectivity index (χ0) is 13.1. The molecule has 0 radical (unpaired) electrons. The Hall–Kier alpha value is -1.33. The number of hydrogen-bond acceptors (Lipinski definition) is 4. The predicted molar refractivity (Wildman–Crippen MR) is 64.3 cm³/mol. The molecule has 17 heavy (non-hydrogen) atoms. The van der Waals surface area contributed by atoms with Gasteiger partial charge in [-0.2, -0.15) is 0 Å². The van der Waals surface area contributed by atoms with Crippen molar-refractivity contribution in [3.05, 3.63) is 23.0 Å². The van der Waals surface area contributed by atoms with Gasteiger partial charge >= 0.3 is 0 Å². The molecule has 0 atom stereocenters. The topological polar surface area (TPSA) is 71.5 Å². The van der Waals surface area contributed by atoms with E-state index in [0.717, 1.165) is 0 Å². The number of ether oxygens (including phenoxy) is 1. The van der Waals surface area contributed by atoms with Crippen LogP contribution in [0.3, 0.4) is 0 Å². The minimum atomic E-state index is -0.553. The third-order valence-electron chi connectivity index (χ3n) is 2.05. The number of methoxy groups -OCH3 is 1. The van der Waals surface area contributed by atoms with Crippen LogP contribution in [-0.4, -0.2) is 35.3 Å². The van der Waals surface area contributed by atoms with Gasteiger partial charge in [0.15, 0.2) is 11.4 Å². The zero-order valence-corrected chi connectivity index (χ0v) is 10.7. The molecule has 0 saturated heterocycles. The lowest BCUT2D eigenvalue weighted by Gasteiger charge is -2.25. The Balaban J connectivity index is 2.87. The lowest BCUT2D eigenvalue weighted by Crippen LogP contribution is -2.47. The highest BCUT2D eigenvalue weighted by molar-refractivity contribution is 6.32. The van der Waals surface area contributed by atoms with Gasteiger partial charge in [0.2, 0.25) is 0 Å². The van der Waals surface area contributed by atoms with Crippen molar-refractivity contribution in [3.63, 3.8) is 0 Å². The van der Waals surface area contributed by atoms with Crippen LogP contribution in [0.4, 0.5) is 0 Å². The summed E-state index contributed by atoms with van der Waals surface area (Å²) in [5, 5.41) is 12.4. The summed E-state index contributed by atoms with van der Waals surface area (Å²) in [6.45, 7) is 3.95. The van der Waals surface area contributed by atoms with Gasteiger partial charge in [-0.1, -0.05) is 11.6 Å². The first-order valence-electron chi connectivity index (χ1n) is 5.02. The second-order valence-corrected chi connectivity index (χ2v) is 4.67. The number of nitrogens with one attached hydrogen (secondary N) is 1. The second-order valence-electron chi connectivity index (χ2n) is 4.26.